The quantitative estimate of drug-likeness (QED) is 0.925. The fraction of sp³-hybridized carbons (Fsp3) is 0.375. The average molecular weight is 319 g/mol. The number of fused-ring (bicyclic) bond motifs is 1. The monoisotopic (exact) mass is 319 g/mol. The molecule has 0 saturated carbocycles. The molecule has 1 atom stereocenters. The second kappa shape index (κ2) is 5.76. The Bertz CT molecular complexity index is 741. The number of carbonyl (C=O) groups excluding carboxylic acids is 1. The predicted molar refractivity (Wildman–Crippen MR) is 84.6 cm³/mol. The van der Waals surface area contributed by atoms with Gasteiger partial charge in [0.15, 0.2) is 0 Å². The van der Waals surface area contributed by atoms with Crippen molar-refractivity contribution in [2.24, 2.45) is 7.05 Å². The molecule has 0 bridgehead atoms. The maximum absolute atomic E-state index is 13.5. The zero-order valence-electron chi connectivity index (χ0n) is 12.8. The van der Waals surface area contributed by atoms with Crippen LogP contribution in [0, 0.1) is 19.7 Å². The number of aromatic nitrogens is 2. The summed E-state index contributed by atoms with van der Waals surface area (Å²) in [4.78, 5) is 13.6. The molecule has 2 heterocycles. The Morgan fingerprint density at radius 1 is 1.45 bits per heavy atom. The molecule has 1 aromatic carbocycles. The van der Waals surface area contributed by atoms with Gasteiger partial charge in [-0.05, 0) is 44.0 Å². The van der Waals surface area contributed by atoms with Crippen LogP contribution < -0.4 is 5.32 Å². The molecular formula is C16H18FN3OS. The fourth-order valence-corrected chi connectivity index (χ4v) is 3.95. The highest BCUT2D eigenvalue weighted by atomic mass is 32.2. The van der Waals surface area contributed by atoms with Crippen molar-refractivity contribution in [3.63, 3.8) is 0 Å². The molecule has 116 valence electrons. The molecule has 1 amide bonds. The van der Waals surface area contributed by atoms with Gasteiger partial charge in [0.05, 0.1) is 17.3 Å². The van der Waals surface area contributed by atoms with E-state index in [-0.39, 0.29) is 17.8 Å². The minimum atomic E-state index is -0.269. The summed E-state index contributed by atoms with van der Waals surface area (Å²) >= 11 is 1.70. The summed E-state index contributed by atoms with van der Waals surface area (Å²) < 4.78 is 15.2. The van der Waals surface area contributed by atoms with Crippen LogP contribution in [-0.2, 0) is 7.05 Å². The summed E-state index contributed by atoms with van der Waals surface area (Å²) in [6.07, 6.45) is 0.797. The molecule has 4 nitrogen and oxygen atoms in total. The number of nitrogens with zero attached hydrogens (tertiary/aromatic N) is 2. The van der Waals surface area contributed by atoms with E-state index < -0.39 is 0 Å². The van der Waals surface area contributed by atoms with Crippen LogP contribution in [0.3, 0.4) is 0 Å². The first-order valence-electron chi connectivity index (χ1n) is 7.20. The van der Waals surface area contributed by atoms with Crippen molar-refractivity contribution in [1.82, 2.24) is 15.1 Å². The molecule has 0 fully saturated rings. The number of halogens is 1. The summed E-state index contributed by atoms with van der Waals surface area (Å²) in [6, 6.07) is 4.62. The Morgan fingerprint density at radius 3 is 2.91 bits per heavy atom. The number of amides is 1. The molecule has 22 heavy (non-hydrogen) atoms. The highest BCUT2D eigenvalue weighted by Gasteiger charge is 2.25. The van der Waals surface area contributed by atoms with Crippen LogP contribution in [0.2, 0.25) is 0 Å². The minimum Gasteiger partial charge on any atom is -0.345 e. The lowest BCUT2D eigenvalue weighted by Gasteiger charge is -2.26. The van der Waals surface area contributed by atoms with Gasteiger partial charge >= 0.3 is 0 Å². The van der Waals surface area contributed by atoms with Gasteiger partial charge in [0.1, 0.15) is 5.82 Å². The topological polar surface area (TPSA) is 46.9 Å². The van der Waals surface area contributed by atoms with E-state index in [0.29, 0.717) is 11.3 Å². The van der Waals surface area contributed by atoms with E-state index in [1.165, 1.54) is 12.1 Å². The largest absolute Gasteiger partial charge is 0.345 e. The van der Waals surface area contributed by atoms with Crippen LogP contribution in [0.4, 0.5) is 4.39 Å². The zero-order valence-corrected chi connectivity index (χ0v) is 13.6. The first-order chi connectivity index (χ1) is 10.5. The predicted octanol–water partition coefficient (Wildman–Crippen LogP) is 3.14. The molecule has 6 heteroatoms. The lowest BCUT2D eigenvalue weighted by Crippen LogP contribution is -2.31. The Labute approximate surface area is 133 Å². The zero-order chi connectivity index (χ0) is 15.9. The van der Waals surface area contributed by atoms with Gasteiger partial charge in [0.2, 0.25) is 0 Å². The van der Waals surface area contributed by atoms with Gasteiger partial charge in [0.25, 0.3) is 5.91 Å². The normalized spacial score (nSPS) is 17.2. The van der Waals surface area contributed by atoms with Crippen molar-refractivity contribution in [1.29, 1.82) is 0 Å². The molecule has 0 radical (unpaired) electrons. The molecule has 1 aliphatic rings. The van der Waals surface area contributed by atoms with Gasteiger partial charge in [-0.2, -0.15) is 5.10 Å². The van der Waals surface area contributed by atoms with Crippen LogP contribution in [0.1, 0.15) is 39.8 Å². The molecule has 2 aromatic rings. The van der Waals surface area contributed by atoms with Crippen molar-refractivity contribution in [2.45, 2.75) is 31.2 Å². The smallest absolute Gasteiger partial charge is 0.255 e. The maximum atomic E-state index is 13.5. The number of benzene rings is 1. The Kier molecular flexibility index (Phi) is 3.95. The van der Waals surface area contributed by atoms with Crippen LogP contribution in [0.5, 0.6) is 0 Å². The van der Waals surface area contributed by atoms with Crippen molar-refractivity contribution < 1.29 is 9.18 Å². The van der Waals surface area contributed by atoms with E-state index in [1.807, 2.05) is 20.9 Å². The van der Waals surface area contributed by atoms with Crippen LogP contribution in [0.15, 0.2) is 23.1 Å². The molecule has 0 saturated heterocycles. The van der Waals surface area contributed by atoms with Crippen LogP contribution in [0.25, 0.3) is 0 Å². The van der Waals surface area contributed by atoms with E-state index >= 15 is 0 Å². The van der Waals surface area contributed by atoms with Gasteiger partial charge in [-0.25, -0.2) is 4.39 Å². The molecule has 1 N–H and O–H groups in total. The maximum Gasteiger partial charge on any atom is 0.255 e. The fourth-order valence-electron chi connectivity index (χ4n) is 2.85. The SMILES string of the molecule is Cc1nn(C)c(C)c1C(=O)NC1CCSc2ccc(F)cc21. The molecule has 1 unspecified atom stereocenters. The average Bonchev–Trinajstić information content (AvgIpc) is 2.72. The molecular weight excluding hydrogens is 301 g/mol. The lowest BCUT2D eigenvalue weighted by atomic mass is 10.0. The summed E-state index contributed by atoms with van der Waals surface area (Å²) in [6.45, 7) is 3.70. The third-order valence-electron chi connectivity index (χ3n) is 4.05. The number of hydrogen-bond donors (Lipinski definition) is 1. The standard InChI is InChI=1S/C16H18FN3OS/c1-9-15(10(2)20(3)19-9)16(21)18-13-6-7-22-14-5-4-11(17)8-12(13)14/h4-5,8,13H,6-7H2,1-3H3,(H,18,21). The Morgan fingerprint density at radius 2 is 2.23 bits per heavy atom. The van der Waals surface area contributed by atoms with E-state index in [2.05, 4.69) is 10.4 Å². The summed E-state index contributed by atoms with van der Waals surface area (Å²) in [5.74, 6) is 0.499. The number of thioether (sulfide) groups is 1. The van der Waals surface area contributed by atoms with Crippen molar-refractivity contribution >= 4 is 17.7 Å². The van der Waals surface area contributed by atoms with Gasteiger partial charge < -0.3 is 5.32 Å². The van der Waals surface area contributed by atoms with Crippen molar-refractivity contribution in [2.75, 3.05) is 5.75 Å². The van der Waals surface area contributed by atoms with Gasteiger partial charge in [0, 0.05) is 23.4 Å². The van der Waals surface area contributed by atoms with Crippen LogP contribution in [-0.4, -0.2) is 21.4 Å². The van der Waals surface area contributed by atoms with Crippen molar-refractivity contribution in [3.8, 4) is 0 Å². The number of hydrogen-bond acceptors (Lipinski definition) is 3. The highest BCUT2D eigenvalue weighted by Crippen LogP contribution is 2.36. The van der Waals surface area contributed by atoms with E-state index in [0.717, 1.165) is 28.3 Å². The third-order valence-corrected chi connectivity index (χ3v) is 5.18. The number of aryl methyl sites for hydroxylation is 2. The van der Waals surface area contributed by atoms with Crippen molar-refractivity contribution in [3.05, 3.63) is 46.5 Å². The van der Waals surface area contributed by atoms with E-state index in [9.17, 15) is 9.18 Å². The van der Waals surface area contributed by atoms with Gasteiger partial charge in [-0.1, -0.05) is 0 Å². The second-order valence-corrected chi connectivity index (χ2v) is 6.65. The molecule has 3 rings (SSSR count). The second-order valence-electron chi connectivity index (χ2n) is 5.51. The number of nitrogens with one attached hydrogen (secondary N) is 1. The van der Waals surface area contributed by atoms with E-state index in [4.69, 9.17) is 0 Å². The van der Waals surface area contributed by atoms with Gasteiger partial charge in [-0.15, -0.1) is 11.8 Å². The van der Waals surface area contributed by atoms with Crippen LogP contribution >= 0.6 is 11.8 Å². The number of rotatable bonds is 2. The first-order valence-corrected chi connectivity index (χ1v) is 8.19. The van der Waals surface area contributed by atoms with E-state index in [1.54, 1.807) is 22.5 Å². The molecule has 1 aliphatic heterocycles. The Balaban J connectivity index is 1.88. The lowest BCUT2D eigenvalue weighted by molar-refractivity contribution is 0.0933. The minimum absolute atomic E-state index is 0.143. The summed E-state index contributed by atoms with van der Waals surface area (Å²) in [5.41, 5.74) is 3.02. The summed E-state index contributed by atoms with van der Waals surface area (Å²) in [5, 5.41) is 7.32. The first kappa shape index (κ1) is 15.1. The Hall–Kier alpha value is -1.82. The molecule has 0 spiro atoms. The highest BCUT2D eigenvalue weighted by molar-refractivity contribution is 7.99. The molecule has 1 aromatic heterocycles. The third kappa shape index (κ3) is 2.63. The number of carbonyl (C=O) groups is 1. The molecule has 0 aliphatic carbocycles. The summed E-state index contributed by atoms with van der Waals surface area (Å²) in [7, 11) is 1.82. The van der Waals surface area contributed by atoms with Gasteiger partial charge in [-0.3, -0.25) is 9.48 Å².